The highest BCUT2D eigenvalue weighted by atomic mass is 32.2. The average Bonchev–Trinajstić information content (AvgIpc) is 3.10. The second kappa shape index (κ2) is 6.64. The zero-order valence-corrected chi connectivity index (χ0v) is 20.5. The molecule has 2 aliphatic rings. The highest BCUT2D eigenvalue weighted by Crippen LogP contribution is 2.68. The van der Waals surface area contributed by atoms with Crippen LogP contribution in [0.5, 0.6) is 0 Å². The van der Waals surface area contributed by atoms with Gasteiger partial charge in [0.05, 0.1) is 19.6 Å². The summed E-state index contributed by atoms with van der Waals surface area (Å²) in [6, 6.07) is 5.82. The second-order valence-corrected chi connectivity index (χ2v) is 17.2. The molecule has 2 aliphatic heterocycles. The standard InChI is InChI=1S/C21H33NO5SSi/c1-9-26-18(23)17-14-21(29(7,8)19(3,4)5)20(6,27-21)22(17)28(24,25)16-12-10-15(2)11-13-16/h10-13,17H,9,14H2,1-8H3/t17-,20?,21?/m0/s1. The van der Waals surface area contributed by atoms with Crippen LogP contribution < -0.4 is 0 Å². The molecule has 8 heteroatoms. The molecule has 3 rings (SSSR count). The number of carbonyl (C=O) groups excluding carboxylic acids is 1. The molecule has 0 radical (unpaired) electrons. The van der Waals surface area contributed by atoms with Gasteiger partial charge in [0.2, 0.25) is 10.0 Å². The molecule has 2 saturated heterocycles. The summed E-state index contributed by atoms with van der Waals surface area (Å²) in [5, 5.41) is -0.666. The molecule has 1 aromatic rings. The summed E-state index contributed by atoms with van der Waals surface area (Å²) >= 11 is 0. The topological polar surface area (TPSA) is 76.2 Å². The molecular formula is C21H33NO5SSi. The fraction of sp³-hybridized carbons (Fsp3) is 0.667. The molecule has 0 saturated carbocycles. The lowest BCUT2D eigenvalue weighted by Gasteiger charge is -2.41. The van der Waals surface area contributed by atoms with E-state index >= 15 is 0 Å². The Hall–Kier alpha value is -1.22. The number of esters is 1. The van der Waals surface area contributed by atoms with Gasteiger partial charge in [-0.25, -0.2) is 8.42 Å². The minimum atomic E-state index is -3.95. The van der Waals surface area contributed by atoms with Crippen LogP contribution in [0.2, 0.25) is 18.1 Å². The summed E-state index contributed by atoms with van der Waals surface area (Å²) in [5.41, 5.74) is -0.0752. The predicted molar refractivity (Wildman–Crippen MR) is 115 cm³/mol. The quantitative estimate of drug-likeness (QED) is 0.396. The van der Waals surface area contributed by atoms with Crippen LogP contribution in [-0.4, -0.2) is 50.4 Å². The third kappa shape index (κ3) is 3.02. The number of nitrogens with zero attached hydrogens (tertiary/aromatic N) is 1. The van der Waals surface area contributed by atoms with Gasteiger partial charge >= 0.3 is 5.97 Å². The van der Waals surface area contributed by atoms with Crippen molar-refractivity contribution in [1.29, 1.82) is 0 Å². The van der Waals surface area contributed by atoms with E-state index in [0.717, 1.165) is 5.56 Å². The average molecular weight is 440 g/mol. The summed E-state index contributed by atoms with van der Waals surface area (Å²) in [6.07, 6.45) is 0.337. The highest BCUT2D eigenvalue weighted by Gasteiger charge is 2.85. The molecule has 6 nitrogen and oxygen atoms in total. The van der Waals surface area contributed by atoms with Gasteiger partial charge in [-0.3, -0.25) is 4.79 Å². The Morgan fingerprint density at radius 2 is 1.83 bits per heavy atom. The highest BCUT2D eigenvalue weighted by molar-refractivity contribution is 7.89. The molecule has 29 heavy (non-hydrogen) atoms. The van der Waals surface area contributed by atoms with Crippen molar-refractivity contribution < 1.29 is 22.7 Å². The van der Waals surface area contributed by atoms with E-state index in [1.807, 2.05) is 13.8 Å². The van der Waals surface area contributed by atoms with Gasteiger partial charge in [0.25, 0.3) is 0 Å². The Balaban J connectivity index is 2.14. The van der Waals surface area contributed by atoms with Gasteiger partial charge in [-0.2, -0.15) is 4.31 Å². The van der Waals surface area contributed by atoms with Gasteiger partial charge < -0.3 is 9.47 Å². The van der Waals surface area contributed by atoms with Crippen molar-refractivity contribution in [2.45, 2.75) is 88.0 Å². The van der Waals surface area contributed by atoms with E-state index in [4.69, 9.17) is 9.47 Å². The number of fused-ring (bicyclic) bond motifs is 1. The molecule has 2 heterocycles. The fourth-order valence-electron chi connectivity index (χ4n) is 4.63. The van der Waals surface area contributed by atoms with Gasteiger partial charge in [-0.1, -0.05) is 51.6 Å². The lowest BCUT2D eigenvalue weighted by Crippen LogP contribution is -2.55. The Labute approximate surface area is 175 Å². The molecule has 0 bridgehead atoms. The van der Waals surface area contributed by atoms with Crippen LogP contribution in [0.25, 0.3) is 0 Å². The fourth-order valence-corrected chi connectivity index (χ4v) is 10.2. The number of carbonyl (C=O) groups is 1. The molecule has 0 amide bonds. The van der Waals surface area contributed by atoms with Crippen LogP contribution in [0, 0.1) is 6.92 Å². The van der Waals surface area contributed by atoms with E-state index in [9.17, 15) is 13.2 Å². The zero-order chi connectivity index (χ0) is 22.0. The monoisotopic (exact) mass is 439 g/mol. The lowest BCUT2D eigenvalue weighted by molar-refractivity contribution is -0.149. The number of benzene rings is 1. The molecule has 0 N–H and O–H groups in total. The third-order valence-corrected chi connectivity index (χ3v) is 15.8. The number of hydrogen-bond acceptors (Lipinski definition) is 5. The van der Waals surface area contributed by atoms with Crippen LogP contribution in [0.1, 0.15) is 46.6 Å². The third-order valence-electron chi connectivity index (χ3n) is 7.29. The summed E-state index contributed by atoms with van der Waals surface area (Å²) in [4.78, 5) is 13.0. The zero-order valence-electron chi connectivity index (χ0n) is 18.7. The van der Waals surface area contributed by atoms with E-state index in [0.29, 0.717) is 6.42 Å². The molecule has 0 aliphatic carbocycles. The molecule has 162 valence electrons. The SMILES string of the molecule is CCOC(=O)[C@@H]1CC2([Si](C)(C)C(C)(C)C)OC2(C)N1S(=O)(=O)c1ccc(C)cc1. The van der Waals surface area contributed by atoms with Crippen LogP contribution in [-0.2, 0) is 24.3 Å². The van der Waals surface area contributed by atoms with Gasteiger partial charge in [-0.05, 0) is 37.9 Å². The smallest absolute Gasteiger partial charge is 0.324 e. The van der Waals surface area contributed by atoms with Crippen LogP contribution in [0.4, 0.5) is 0 Å². The molecule has 2 unspecified atom stereocenters. The number of ether oxygens (including phenoxy) is 2. The number of hydrogen-bond donors (Lipinski definition) is 0. The largest absolute Gasteiger partial charge is 0.465 e. The van der Waals surface area contributed by atoms with E-state index < -0.39 is 41.1 Å². The van der Waals surface area contributed by atoms with Gasteiger partial charge in [0.15, 0.2) is 5.72 Å². The molecule has 2 fully saturated rings. The predicted octanol–water partition coefficient (Wildman–Crippen LogP) is 3.85. The maximum Gasteiger partial charge on any atom is 0.324 e. The van der Waals surface area contributed by atoms with E-state index in [1.54, 1.807) is 31.2 Å². The molecule has 0 aromatic heterocycles. The first-order valence-corrected chi connectivity index (χ1v) is 14.6. The molecule has 3 atom stereocenters. The van der Waals surface area contributed by atoms with E-state index in [1.165, 1.54) is 4.31 Å². The number of rotatable bonds is 5. The minimum absolute atomic E-state index is 0.0341. The second-order valence-electron chi connectivity index (χ2n) is 9.87. The van der Waals surface area contributed by atoms with Crippen molar-refractivity contribution in [2.24, 2.45) is 0 Å². The van der Waals surface area contributed by atoms with Crippen LogP contribution in [0.3, 0.4) is 0 Å². The first-order chi connectivity index (χ1) is 13.2. The molecular weight excluding hydrogens is 406 g/mol. The van der Waals surface area contributed by atoms with E-state index in [2.05, 4.69) is 33.9 Å². The van der Waals surface area contributed by atoms with Gasteiger partial charge in [0, 0.05) is 6.42 Å². The van der Waals surface area contributed by atoms with Crippen molar-refractivity contribution in [3.63, 3.8) is 0 Å². The maximum absolute atomic E-state index is 13.7. The first kappa shape index (κ1) is 22.5. The summed E-state index contributed by atoms with van der Waals surface area (Å²) in [6.45, 7) is 16.6. The number of epoxide rings is 1. The normalized spacial score (nSPS) is 30.1. The summed E-state index contributed by atoms with van der Waals surface area (Å²) in [5.74, 6) is -0.502. The summed E-state index contributed by atoms with van der Waals surface area (Å²) in [7, 11) is -6.12. The Kier molecular flexibility index (Phi) is 5.14. The Morgan fingerprint density at radius 3 is 2.31 bits per heavy atom. The number of aryl methyl sites for hydroxylation is 1. The maximum atomic E-state index is 13.7. The van der Waals surface area contributed by atoms with Gasteiger partial charge in [-0.15, -0.1) is 0 Å². The van der Waals surface area contributed by atoms with Gasteiger partial charge in [0.1, 0.15) is 11.3 Å². The van der Waals surface area contributed by atoms with Crippen molar-refractivity contribution in [3.8, 4) is 0 Å². The van der Waals surface area contributed by atoms with Crippen molar-refractivity contribution >= 4 is 24.1 Å². The van der Waals surface area contributed by atoms with Crippen molar-refractivity contribution in [3.05, 3.63) is 29.8 Å². The summed E-state index contributed by atoms with van der Waals surface area (Å²) < 4.78 is 40.3. The van der Waals surface area contributed by atoms with E-state index in [-0.39, 0.29) is 16.5 Å². The number of sulfonamides is 1. The molecule has 1 aromatic carbocycles. The van der Waals surface area contributed by atoms with Crippen molar-refractivity contribution in [1.82, 2.24) is 4.31 Å². The van der Waals surface area contributed by atoms with Crippen molar-refractivity contribution in [2.75, 3.05) is 6.61 Å². The van der Waals surface area contributed by atoms with Crippen LogP contribution >= 0.6 is 0 Å². The Morgan fingerprint density at radius 1 is 1.28 bits per heavy atom. The molecule has 0 spiro atoms. The minimum Gasteiger partial charge on any atom is -0.465 e. The Bertz CT molecular complexity index is 921. The lowest BCUT2D eigenvalue weighted by atomic mass is 10.2. The first-order valence-electron chi connectivity index (χ1n) is 10.1. The van der Waals surface area contributed by atoms with Crippen LogP contribution in [0.15, 0.2) is 29.2 Å².